The van der Waals surface area contributed by atoms with Crippen LogP contribution in [0.15, 0.2) is 34.3 Å². The minimum absolute atomic E-state index is 0.0418. The predicted molar refractivity (Wildman–Crippen MR) is 94.4 cm³/mol. The summed E-state index contributed by atoms with van der Waals surface area (Å²) in [6.45, 7) is 3.81. The molecule has 24 heavy (non-hydrogen) atoms. The summed E-state index contributed by atoms with van der Waals surface area (Å²) in [5.41, 5.74) is 7.26. The fraction of sp³-hybridized carbons (Fsp3) is 0.375. The molecule has 0 radical (unpaired) electrons. The summed E-state index contributed by atoms with van der Waals surface area (Å²) in [6.07, 6.45) is 2.51. The van der Waals surface area contributed by atoms with Crippen molar-refractivity contribution >= 4 is 35.2 Å². The zero-order chi connectivity index (χ0) is 17.3. The van der Waals surface area contributed by atoms with Gasteiger partial charge in [-0.3, -0.25) is 19.9 Å². The number of nitrogens with one attached hydrogen (secondary N) is 2. The van der Waals surface area contributed by atoms with Gasteiger partial charge in [0.1, 0.15) is 5.54 Å². The highest BCUT2D eigenvalue weighted by molar-refractivity contribution is 8.03. The van der Waals surface area contributed by atoms with Gasteiger partial charge in [0.05, 0.1) is 17.4 Å². The average molecular weight is 345 g/mol. The molecule has 0 saturated heterocycles. The Hall–Kier alpha value is -2.35. The van der Waals surface area contributed by atoms with Crippen LogP contribution in [-0.2, 0) is 15.1 Å². The second-order valence-corrected chi connectivity index (χ2v) is 7.28. The Morgan fingerprint density at radius 1 is 1.54 bits per heavy atom. The molecule has 1 aromatic heterocycles. The maximum atomic E-state index is 12.3. The normalized spacial score (nSPS) is 26.4. The number of hydrogen-bond donors (Lipinski definition) is 3. The molecule has 2 unspecified atom stereocenters. The molecule has 2 aliphatic heterocycles. The van der Waals surface area contributed by atoms with Crippen LogP contribution in [0.1, 0.15) is 32.4 Å². The van der Waals surface area contributed by atoms with E-state index in [1.165, 1.54) is 17.3 Å². The maximum absolute atomic E-state index is 12.3. The largest absolute Gasteiger partial charge is 0.370 e. The average Bonchev–Trinajstić information content (AvgIpc) is 2.93. The van der Waals surface area contributed by atoms with Gasteiger partial charge in [0, 0.05) is 11.9 Å². The van der Waals surface area contributed by atoms with Crippen molar-refractivity contribution in [2.45, 2.75) is 37.5 Å². The lowest BCUT2D eigenvalue weighted by Crippen LogP contribution is -2.46. The number of nitrogens with zero attached hydrogens (tertiary/aromatic N) is 2. The number of thioether (sulfide) groups is 1. The Balaban J connectivity index is 1.78. The molecule has 4 N–H and O–H groups in total. The van der Waals surface area contributed by atoms with Crippen LogP contribution in [-0.4, -0.2) is 28.0 Å². The molecule has 3 heterocycles. The van der Waals surface area contributed by atoms with E-state index in [0.717, 1.165) is 6.42 Å². The molecule has 2 atom stereocenters. The predicted octanol–water partition coefficient (Wildman–Crippen LogP) is 1.48. The van der Waals surface area contributed by atoms with Crippen LogP contribution in [0.4, 0.5) is 5.69 Å². The van der Waals surface area contributed by atoms with Crippen LogP contribution < -0.4 is 16.4 Å². The summed E-state index contributed by atoms with van der Waals surface area (Å²) in [5.74, 6) is -0.168. The summed E-state index contributed by atoms with van der Waals surface area (Å²) in [7, 11) is 0. The van der Waals surface area contributed by atoms with Crippen LogP contribution in [0, 0.1) is 0 Å². The Morgan fingerprint density at radius 3 is 3.00 bits per heavy atom. The molecule has 0 saturated carbocycles. The summed E-state index contributed by atoms with van der Waals surface area (Å²) in [5, 5.41) is 7.30. The lowest BCUT2D eigenvalue weighted by atomic mass is 9.92. The van der Waals surface area contributed by atoms with Crippen LogP contribution in [0.3, 0.4) is 0 Å². The molecule has 0 aliphatic carbocycles. The van der Waals surface area contributed by atoms with Gasteiger partial charge in [0.15, 0.2) is 5.96 Å². The van der Waals surface area contributed by atoms with Gasteiger partial charge in [-0.05, 0) is 37.8 Å². The van der Waals surface area contributed by atoms with E-state index >= 15 is 0 Å². The number of amides is 2. The van der Waals surface area contributed by atoms with Crippen molar-refractivity contribution in [3.63, 3.8) is 0 Å². The zero-order valence-electron chi connectivity index (χ0n) is 13.5. The smallest absolute Gasteiger partial charge is 0.238 e. The fourth-order valence-corrected chi connectivity index (χ4v) is 3.78. The molecule has 0 bridgehead atoms. The van der Waals surface area contributed by atoms with Crippen LogP contribution in [0.2, 0.25) is 0 Å². The Labute approximate surface area is 144 Å². The van der Waals surface area contributed by atoms with Gasteiger partial charge in [-0.25, -0.2) is 4.99 Å². The zero-order valence-corrected chi connectivity index (χ0v) is 14.3. The Morgan fingerprint density at radius 2 is 2.33 bits per heavy atom. The van der Waals surface area contributed by atoms with Crippen molar-refractivity contribution in [3.05, 3.63) is 35.0 Å². The molecular formula is C16H19N5O2S. The van der Waals surface area contributed by atoms with E-state index in [0.29, 0.717) is 11.4 Å². The number of nitrogens with two attached hydrogens (primary N) is 1. The summed E-state index contributed by atoms with van der Waals surface area (Å²) >= 11 is 1.53. The summed E-state index contributed by atoms with van der Waals surface area (Å²) in [6, 6.07) is 3.47. The highest BCUT2D eigenvalue weighted by Crippen LogP contribution is 2.32. The van der Waals surface area contributed by atoms with E-state index in [-0.39, 0.29) is 29.4 Å². The molecule has 126 valence electrons. The third-order valence-electron chi connectivity index (χ3n) is 3.95. The number of allylic oxidation sites excluding steroid dienone is 1. The van der Waals surface area contributed by atoms with Crippen LogP contribution in [0.5, 0.6) is 0 Å². The van der Waals surface area contributed by atoms with Crippen LogP contribution >= 0.6 is 11.8 Å². The molecule has 0 fully saturated rings. The molecule has 2 aliphatic rings. The Bertz CT molecular complexity index is 761. The number of carbonyl (C=O) groups is 2. The second kappa shape index (κ2) is 6.27. The first-order chi connectivity index (χ1) is 11.4. The molecule has 1 aromatic rings. The molecule has 2 amide bonds. The third kappa shape index (κ3) is 3.43. The van der Waals surface area contributed by atoms with Crippen LogP contribution in [0.25, 0.3) is 0 Å². The Kier molecular flexibility index (Phi) is 4.31. The molecule has 0 aromatic carbocycles. The molecular weight excluding hydrogens is 326 g/mol. The van der Waals surface area contributed by atoms with Crippen molar-refractivity contribution in [1.82, 2.24) is 10.3 Å². The van der Waals surface area contributed by atoms with Crippen molar-refractivity contribution in [1.29, 1.82) is 0 Å². The van der Waals surface area contributed by atoms with E-state index in [1.807, 2.05) is 12.3 Å². The summed E-state index contributed by atoms with van der Waals surface area (Å²) < 4.78 is 0. The standard InChI is InChI=1S/C16H19N5O2S/c1-9-5-11(24-8-9)14(23)19-10-3-4-18-12(6-10)16(2)7-13(22)20-15(17)21-16/h3-4,6,8,11H,5,7H2,1-2H3,(H,18,19,23)(H3,17,20,21,22). The number of pyridine rings is 1. The highest BCUT2D eigenvalue weighted by Gasteiger charge is 2.35. The van der Waals surface area contributed by atoms with Gasteiger partial charge >= 0.3 is 0 Å². The minimum Gasteiger partial charge on any atom is -0.370 e. The minimum atomic E-state index is -0.840. The van der Waals surface area contributed by atoms with E-state index in [4.69, 9.17) is 5.73 Å². The lowest BCUT2D eigenvalue weighted by Gasteiger charge is -2.28. The van der Waals surface area contributed by atoms with Gasteiger partial charge in [-0.2, -0.15) is 0 Å². The second-order valence-electron chi connectivity index (χ2n) is 6.21. The fourth-order valence-electron chi connectivity index (χ4n) is 2.75. The van der Waals surface area contributed by atoms with Gasteiger partial charge in [0.2, 0.25) is 11.8 Å². The number of carbonyl (C=O) groups excluding carboxylic acids is 2. The third-order valence-corrected chi connectivity index (χ3v) is 5.20. The first-order valence-corrected chi connectivity index (χ1v) is 8.54. The van der Waals surface area contributed by atoms with E-state index < -0.39 is 5.54 Å². The number of guanidine groups is 1. The topological polar surface area (TPSA) is 109 Å². The number of anilines is 1. The lowest BCUT2D eigenvalue weighted by molar-refractivity contribution is -0.121. The van der Waals surface area contributed by atoms with Crippen molar-refractivity contribution in [3.8, 4) is 0 Å². The number of rotatable bonds is 3. The molecule has 0 spiro atoms. The monoisotopic (exact) mass is 345 g/mol. The van der Waals surface area contributed by atoms with Crippen molar-refractivity contribution in [2.75, 3.05) is 5.32 Å². The van der Waals surface area contributed by atoms with Crippen molar-refractivity contribution in [2.24, 2.45) is 10.7 Å². The summed E-state index contributed by atoms with van der Waals surface area (Å²) in [4.78, 5) is 32.7. The molecule has 8 heteroatoms. The van der Waals surface area contributed by atoms with Gasteiger partial charge in [0.25, 0.3) is 0 Å². The number of aliphatic imine (C=N–C) groups is 1. The number of hydrogen-bond acceptors (Lipinski definition) is 6. The van der Waals surface area contributed by atoms with E-state index in [1.54, 1.807) is 25.3 Å². The van der Waals surface area contributed by atoms with E-state index in [2.05, 4.69) is 20.6 Å². The first-order valence-electron chi connectivity index (χ1n) is 7.59. The van der Waals surface area contributed by atoms with Gasteiger partial charge < -0.3 is 11.1 Å². The van der Waals surface area contributed by atoms with E-state index in [9.17, 15) is 9.59 Å². The van der Waals surface area contributed by atoms with Gasteiger partial charge in [-0.15, -0.1) is 11.8 Å². The quantitative estimate of drug-likeness (QED) is 0.769. The maximum Gasteiger partial charge on any atom is 0.238 e. The molecule has 7 nitrogen and oxygen atoms in total. The SMILES string of the molecule is CC1=CSC(C(=O)Nc2ccnc(C3(C)CC(=O)NC(N)=N3)c2)C1. The number of aromatic nitrogens is 1. The van der Waals surface area contributed by atoms with Gasteiger partial charge in [-0.1, -0.05) is 5.57 Å². The highest BCUT2D eigenvalue weighted by atomic mass is 32.2. The van der Waals surface area contributed by atoms with Crippen molar-refractivity contribution < 1.29 is 9.59 Å². The first kappa shape index (κ1) is 16.5. The molecule has 3 rings (SSSR count).